The molecule has 0 unspecified atom stereocenters. The van der Waals surface area contributed by atoms with E-state index in [0.717, 1.165) is 35.6 Å². The Balaban J connectivity index is 1.46. The van der Waals surface area contributed by atoms with E-state index in [9.17, 15) is 14.9 Å². The predicted molar refractivity (Wildman–Crippen MR) is 123 cm³/mol. The van der Waals surface area contributed by atoms with Crippen molar-refractivity contribution in [1.82, 2.24) is 19.1 Å². The number of anilines is 1. The van der Waals surface area contributed by atoms with Gasteiger partial charge in [-0.3, -0.25) is 14.9 Å². The topological polar surface area (TPSA) is 117 Å². The first-order valence-corrected chi connectivity index (χ1v) is 10.6. The molecule has 0 saturated heterocycles. The number of carbonyl (C=O) groups is 1. The number of amides is 1. The van der Waals surface area contributed by atoms with Gasteiger partial charge in [0.2, 0.25) is 0 Å². The maximum absolute atomic E-state index is 12.3. The van der Waals surface area contributed by atoms with Crippen LogP contribution in [0.1, 0.15) is 25.0 Å². The number of carbonyl (C=O) groups excluding carboxylic acids is 1. The van der Waals surface area contributed by atoms with Crippen LogP contribution in [0.25, 0.3) is 11.0 Å². The second kappa shape index (κ2) is 9.51. The zero-order chi connectivity index (χ0) is 23.4. The molecule has 0 saturated carbocycles. The monoisotopic (exact) mass is 448 g/mol. The lowest BCUT2D eigenvalue weighted by atomic mass is 10.2. The minimum Gasteiger partial charge on any atom is -0.484 e. The Hall–Kier alpha value is -4.21. The predicted octanol–water partition coefficient (Wildman–Crippen LogP) is 3.93. The van der Waals surface area contributed by atoms with E-state index in [1.807, 2.05) is 35.9 Å². The SMILES string of the molecule is CCCn1c(Cn2ccnc2C)nc2cc(NC(=O)COc3ccc([N+](=O)[O-])cc3)ccc21. The standard InChI is InChI=1S/C23H24N6O4/c1-3-11-28-21-9-4-17(13-20(21)26-22(28)14-27-12-10-24-16(27)2)25-23(30)15-33-19-7-5-18(6-8-19)29(31)32/h4-10,12-13H,3,11,14-15H2,1-2H3,(H,25,30). The van der Waals surface area contributed by atoms with E-state index in [1.54, 1.807) is 6.20 Å². The van der Waals surface area contributed by atoms with Gasteiger partial charge in [-0.05, 0) is 43.7 Å². The van der Waals surface area contributed by atoms with Crippen LogP contribution in [0, 0.1) is 17.0 Å². The molecule has 0 aliphatic carbocycles. The van der Waals surface area contributed by atoms with E-state index in [4.69, 9.17) is 9.72 Å². The third-order valence-electron chi connectivity index (χ3n) is 5.21. The number of hydrogen-bond acceptors (Lipinski definition) is 6. The van der Waals surface area contributed by atoms with Crippen molar-refractivity contribution < 1.29 is 14.5 Å². The van der Waals surface area contributed by atoms with Crippen LogP contribution in [0.5, 0.6) is 5.75 Å². The number of nitrogens with zero attached hydrogens (tertiary/aromatic N) is 5. The Morgan fingerprint density at radius 1 is 1.21 bits per heavy atom. The Kier molecular flexibility index (Phi) is 6.34. The molecule has 0 atom stereocenters. The molecule has 4 rings (SSSR count). The second-order valence-corrected chi connectivity index (χ2v) is 7.57. The average Bonchev–Trinajstić information content (AvgIpc) is 3.35. The first-order valence-electron chi connectivity index (χ1n) is 10.6. The van der Waals surface area contributed by atoms with Crippen LogP contribution in [0.2, 0.25) is 0 Å². The van der Waals surface area contributed by atoms with Gasteiger partial charge in [0, 0.05) is 36.8 Å². The van der Waals surface area contributed by atoms with Gasteiger partial charge in [0.15, 0.2) is 6.61 Å². The first kappa shape index (κ1) is 22.0. The van der Waals surface area contributed by atoms with Crippen LogP contribution in [-0.4, -0.2) is 36.5 Å². The summed E-state index contributed by atoms with van der Waals surface area (Å²) in [4.78, 5) is 31.7. The van der Waals surface area contributed by atoms with Crippen molar-refractivity contribution in [2.75, 3.05) is 11.9 Å². The number of nitro benzene ring substituents is 1. The smallest absolute Gasteiger partial charge is 0.269 e. The second-order valence-electron chi connectivity index (χ2n) is 7.57. The number of rotatable bonds is 9. The van der Waals surface area contributed by atoms with Crippen molar-refractivity contribution in [3.63, 3.8) is 0 Å². The molecule has 0 bridgehead atoms. The van der Waals surface area contributed by atoms with Crippen LogP contribution in [0.4, 0.5) is 11.4 Å². The highest BCUT2D eigenvalue weighted by molar-refractivity contribution is 5.94. The Bertz CT molecular complexity index is 1290. The molecule has 2 heterocycles. The maximum atomic E-state index is 12.3. The highest BCUT2D eigenvalue weighted by Crippen LogP contribution is 2.22. The van der Waals surface area contributed by atoms with Crippen LogP contribution in [0.15, 0.2) is 54.9 Å². The summed E-state index contributed by atoms with van der Waals surface area (Å²) in [6.45, 7) is 5.32. The molecule has 2 aromatic carbocycles. The number of aromatic nitrogens is 4. The zero-order valence-electron chi connectivity index (χ0n) is 18.4. The van der Waals surface area contributed by atoms with Crippen LogP contribution < -0.4 is 10.1 Å². The lowest BCUT2D eigenvalue weighted by molar-refractivity contribution is -0.384. The summed E-state index contributed by atoms with van der Waals surface area (Å²) in [7, 11) is 0. The van der Waals surface area contributed by atoms with Gasteiger partial charge in [-0.1, -0.05) is 6.92 Å². The molecule has 4 aromatic rings. The molecule has 10 heteroatoms. The summed E-state index contributed by atoms with van der Waals surface area (Å²) < 4.78 is 9.66. The largest absolute Gasteiger partial charge is 0.484 e. The van der Waals surface area contributed by atoms with Crippen molar-refractivity contribution in [1.29, 1.82) is 0 Å². The summed E-state index contributed by atoms with van der Waals surface area (Å²) in [6.07, 6.45) is 4.68. The third-order valence-corrected chi connectivity index (χ3v) is 5.21. The van der Waals surface area contributed by atoms with E-state index in [0.29, 0.717) is 18.0 Å². The molecule has 170 valence electrons. The number of fused-ring (bicyclic) bond motifs is 1. The fourth-order valence-electron chi connectivity index (χ4n) is 3.58. The molecule has 0 radical (unpaired) electrons. The van der Waals surface area contributed by atoms with Crippen molar-refractivity contribution in [3.8, 4) is 5.75 Å². The van der Waals surface area contributed by atoms with E-state index in [1.165, 1.54) is 24.3 Å². The average molecular weight is 448 g/mol. The molecule has 0 aliphatic rings. The number of non-ortho nitro benzene ring substituents is 1. The van der Waals surface area contributed by atoms with E-state index < -0.39 is 4.92 Å². The van der Waals surface area contributed by atoms with Crippen LogP contribution in [0.3, 0.4) is 0 Å². The summed E-state index contributed by atoms with van der Waals surface area (Å²) >= 11 is 0. The number of benzene rings is 2. The van der Waals surface area contributed by atoms with Gasteiger partial charge in [0.05, 0.1) is 22.5 Å². The quantitative estimate of drug-likeness (QED) is 0.306. The minimum atomic E-state index is -0.490. The Morgan fingerprint density at radius 2 is 2.00 bits per heavy atom. The van der Waals surface area contributed by atoms with Gasteiger partial charge < -0.3 is 19.2 Å². The molecule has 1 amide bonds. The number of aryl methyl sites for hydroxylation is 2. The fourth-order valence-corrected chi connectivity index (χ4v) is 3.58. The van der Waals surface area contributed by atoms with Gasteiger partial charge in [-0.2, -0.15) is 0 Å². The van der Waals surface area contributed by atoms with Crippen molar-refractivity contribution in [2.24, 2.45) is 0 Å². The summed E-state index contributed by atoms with van der Waals surface area (Å²) in [5, 5.41) is 13.5. The lowest BCUT2D eigenvalue weighted by Crippen LogP contribution is -2.20. The van der Waals surface area contributed by atoms with Crippen molar-refractivity contribution in [3.05, 3.63) is 76.6 Å². The fraction of sp³-hybridized carbons (Fsp3) is 0.261. The van der Waals surface area contributed by atoms with Gasteiger partial charge >= 0.3 is 0 Å². The Labute approximate surface area is 190 Å². The van der Waals surface area contributed by atoms with Crippen LogP contribution >= 0.6 is 0 Å². The maximum Gasteiger partial charge on any atom is 0.269 e. The molecule has 2 aromatic heterocycles. The van der Waals surface area contributed by atoms with E-state index >= 15 is 0 Å². The lowest BCUT2D eigenvalue weighted by Gasteiger charge is -2.10. The van der Waals surface area contributed by atoms with Gasteiger partial charge in [-0.15, -0.1) is 0 Å². The molecule has 0 spiro atoms. The van der Waals surface area contributed by atoms with Gasteiger partial charge in [0.1, 0.15) is 17.4 Å². The van der Waals surface area contributed by atoms with E-state index in [-0.39, 0.29) is 18.2 Å². The summed E-state index contributed by atoms with van der Waals surface area (Å²) in [6, 6.07) is 11.2. The Morgan fingerprint density at radius 3 is 2.67 bits per heavy atom. The molecule has 1 N–H and O–H groups in total. The molecule has 0 aliphatic heterocycles. The number of nitro groups is 1. The molecular formula is C23H24N6O4. The number of imidazole rings is 2. The molecule has 0 fully saturated rings. The summed E-state index contributed by atoms with van der Waals surface area (Å²) in [5.74, 6) is 1.89. The van der Waals surface area contributed by atoms with Gasteiger partial charge in [-0.25, -0.2) is 9.97 Å². The third kappa shape index (κ3) is 5.00. The number of ether oxygens (including phenoxy) is 1. The highest BCUT2D eigenvalue weighted by atomic mass is 16.6. The van der Waals surface area contributed by atoms with Crippen LogP contribution in [-0.2, 0) is 17.9 Å². The molecule has 10 nitrogen and oxygen atoms in total. The van der Waals surface area contributed by atoms with Crippen molar-refractivity contribution >= 4 is 28.3 Å². The number of nitrogens with one attached hydrogen (secondary N) is 1. The minimum absolute atomic E-state index is 0.0369. The molecule has 33 heavy (non-hydrogen) atoms. The summed E-state index contributed by atoms with van der Waals surface area (Å²) in [5.41, 5.74) is 2.38. The molecular weight excluding hydrogens is 424 g/mol. The number of hydrogen-bond donors (Lipinski definition) is 1. The first-order chi connectivity index (χ1) is 15.9. The highest BCUT2D eigenvalue weighted by Gasteiger charge is 2.13. The zero-order valence-corrected chi connectivity index (χ0v) is 18.4. The van der Waals surface area contributed by atoms with E-state index in [2.05, 4.69) is 21.8 Å². The van der Waals surface area contributed by atoms with Gasteiger partial charge in [0.25, 0.3) is 11.6 Å². The van der Waals surface area contributed by atoms with Crippen molar-refractivity contribution in [2.45, 2.75) is 33.4 Å². The normalized spacial score (nSPS) is 11.0.